The highest BCUT2D eigenvalue weighted by atomic mass is 19.4. The average molecular weight is 621 g/mol. The van der Waals surface area contributed by atoms with Crippen LogP contribution in [0.5, 0.6) is 0 Å². The number of nitrogens with two attached hydrogens (primary N) is 1. The standard InChI is InChI=1S/C33H32F4N6O2/c1-22-30(41-15-13-40(14-16-41)19-24-8-5-7-23(17-24)18-38)31(44)43(21-29(39)25-9-3-2-4-10-25)32(45)42(22)20-26-27(33(35,36)37)11-6-12-28(26)34/h2-12,17,29H,13-16,19-21,39H2,1H3. The zero-order chi connectivity index (χ0) is 32.3. The van der Waals surface area contributed by atoms with Gasteiger partial charge in [-0.05, 0) is 42.3 Å². The number of hydrogen-bond donors (Lipinski definition) is 1. The van der Waals surface area contributed by atoms with Crippen LogP contribution in [0.15, 0.2) is 82.4 Å². The molecule has 12 heteroatoms. The second-order valence-electron chi connectivity index (χ2n) is 11.1. The summed E-state index contributed by atoms with van der Waals surface area (Å²) in [6.45, 7) is 3.00. The van der Waals surface area contributed by atoms with Gasteiger partial charge in [-0.15, -0.1) is 0 Å². The van der Waals surface area contributed by atoms with Gasteiger partial charge in [-0.3, -0.25) is 18.8 Å². The maximum absolute atomic E-state index is 14.9. The molecule has 0 amide bonds. The summed E-state index contributed by atoms with van der Waals surface area (Å²) in [4.78, 5) is 31.8. The van der Waals surface area contributed by atoms with E-state index in [1.807, 2.05) is 23.1 Å². The fourth-order valence-corrected chi connectivity index (χ4v) is 5.77. The Morgan fingerprint density at radius 3 is 2.27 bits per heavy atom. The van der Waals surface area contributed by atoms with Crippen LogP contribution in [0.25, 0.3) is 0 Å². The first kappa shape index (κ1) is 31.7. The topological polar surface area (TPSA) is 100 Å². The highest BCUT2D eigenvalue weighted by molar-refractivity contribution is 5.50. The van der Waals surface area contributed by atoms with Crippen LogP contribution in [0.2, 0.25) is 0 Å². The second kappa shape index (κ2) is 13.1. The first-order chi connectivity index (χ1) is 21.5. The maximum atomic E-state index is 14.9. The van der Waals surface area contributed by atoms with Crippen LogP contribution in [0.1, 0.15) is 39.6 Å². The van der Waals surface area contributed by atoms with Crippen molar-refractivity contribution in [2.75, 3.05) is 31.1 Å². The minimum atomic E-state index is -4.86. The predicted octanol–water partition coefficient (Wildman–Crippen LogP) is 4.42. The van der Waals surface area contributed by atoms with Crippen LogP contribution in [0.4, 0.5) is 23.2 Å². The van der Waals surface area contributed by atoms with Crippen LogP contribution in [0, 0.1) is 24.1 Å². The molecule has 0 saturated carbocycles. The van der Waals surface area contributed by atoms with Crippen LogP contribution < -0.4 is 21.9 Å². The fourth-order valence-electron chi connectivity index (χ4n) is 5.77. The van der Waals surface area contributed by atoms with Crippen molar-refractivity contribution in [2.45, 2.75) is 38.8 Å². The highest BCUT2D eigenvalue weighted by Gasteiger charge is 2.35. The van der Waals surface area contributed by atoms with E-state index in [1.165, 1.54) is 6.92 Å². The summed E-state index contributed by atoms with van der Waals surface area (Å²) in [5, 5.41) is 9.22. The van der Waals surface area contributed by atoms with Crippen molar-refractivity contribution in [3.63, 3.8) is 0 Å². The van der Waals surface area contributed by atoms with Crippen LogP contribution in [0.3, 0.4) is 0 Å². The van der Waals surface area contributed by atoms with Gasteiger partial charge >= 0.3 is 11.9 Å². The number of anilines is 1. The van der Waals surface area contributed by atoms with Crippen LogP contribution in [-0.2, 0) is 25.8 Å². The molecule has 2 heterocycles. The van der Waals surface area contributed by atoms with E-state index >= 15 is 0 Å². The molecular formula is C33H32F4N6O2. The molecule has 0 aliphatic carbocycles. The molecule has 1 fully saturated rings. The average Bonchev–Trinajstić information content (AvgIpc) is 3.02. The van der Waals surface area contributed by atoms with E-state index in [9.17, 15) is 32.4 Å². The molecule has 45 heavy (non-hydrogen) atoms. The van der Waals surface area contributed by atoms with E-state index in [-0.39, 0.29) is 17.9 Å². The molecule has 0 radical (unpaired) electrons. The molecule has 2 N–H and O–H groups in total. The Labute approximate surface area is 257 Å². The summed E-state index contributed by atoms with van der Waals surface area (Å²) in [6.07, 6.45) is -4.86. The minimum Gasteiger partial charge on any atom is -0.363 e. The van der Waals surface area contributed by atoms with Crippen molar-refractivity contribution in [1.82, 2.24) is 14.0 Å². The zero-order valence-electron chi connectivity index (χ0n) is 24.6. The van der Waals surface area contributed by atoms with Gasteiger partial charge in [0.05, 0.1) is 30.3 Å². The number of rotatable bonds is 8. The quantitative estimate of drug-likeness (QED) is 0.293. The third-order valence-electron chi connectivity index (χ3n) is 8.16. The molecule has 1 aliphatic rings. The molecular weight excluding hydrogens is 588 g/mol. The molecule has 234 valence electrons. The summed E-state index contributed by atoms with van der Waals surface area (Å²) in [7, 11) is 0. The number of halogens is 4. The van der Waals surface area contributed by atoms with Gasteiger partial charge in [0, 0.05) is 50.0 Å². The first-order valence-electron chi connectivity index (χ1n) is 14.4. The lowest BCUT2D eigenvalue weighted by Crippen LogP contribution is -2.51. The van der Waals surface area contributed by atoms with Crippen LogP contribution in [-0.4, -0.2) is 40.2 Å². The maximum Gasteiger partial charge on any atom is 0.416 e. The number of benzene rings is 3. The number of nitrogens with zero attached hydrogens (tertiary/aromatic N) is 5. The molecule has 1 atom stereocenters. The van der Waals surface area contributed by atoms with Crippen molar-refractivity contribution in [1.29, 1.82) is 5.26 Å². The van der Waals surface area contributed by atoms with E-state index in [2.05, 4.69) is 11.0 Å². The summed E-state index contributed by atoms with van der Waals surface area (Å²) >= 11 is 0. The Bertz CT molecular complexity index is 1840. The molecule has 0 spiro atoms. The number of alkyl halides is 3. The molecule has 1 unspecified atom stereocenters. The van der Waals surface area contributed by atoms with Crippen molar-refractivity contribution >= 4 is 5.69 Å². The van der Waals surface area contributed by atoms with E-state index in [1.54, 1.807) is 36.4 Å². The number of piperazine rings is 1. The summed E-state index contributed by atoms with van der Waals surface area (Å²) in [5.41, 5.74) is 5.51. The first-order valence-corrected chi connectivity index (χ1v) is 14.4. The lowest BCUT2D eigenvalue weighted by atomic mass is 10.1. The highest BCUT2D eigenvalue weighted by Crippen LogP contribution is 2.33. The molecule has 0 bridgehead atoms. The second-order valence-corrected chi connectivity index (χ2v) is 11.1. The molecule has 4 aromatic rings. The largest absolute Gasteiger partial charge is 0.416 e. The van der Waals surface area contributed by atoms with Crippen molar-refractivity contribution in [2.24, 2.45) is 5.73 Å². The lowest BCUT2D eigenvalue weighted by molar-refractivity contribution is -0.138. The Kier molecular flexibility index (Phi) is 9.22. The normalized spacial score (nSPS) is 14.7. The Morgan fingerprint density at radius 2 is 1.60 bits per heavy atom. The molecule has 1 saturated heterocycles. The predicted molar refractivity (Wildman–Crippen MR) is 162 cm³/mol. The Morgan fingerprint density at radius 1 is 0.911 bits per heavy atom. The van der Waals surface area contributed by atoms with Crippen LogP contribution >= 0.6 is 0 Å². The van der Waals surface area contributed by atoms with Gasteiger partial charge in [0.25, 0.3) is 5.56 Å². The molecule has 3 aromatic carbocycles. The third kappa shape index (κ3) is 6.84. The molecule has 8 nitrogen and oxygen atoms in total. The van der Waals surface area contributed by atoms with Crippen molar-refractivity contribution in [3.8, 4) is 6.07 Å². The lowest BCUT2D eigenvalue weighted by Gasteiger charge is -2.37. The summed E-state index contributed by atoms with van der Waals surface area (Å²) < 4.78 is 58.6. The van der Waals surface area contributed by atoms with Gasteiger partial charge in [0.2, 0.25) is 0 Å². The van der Waals surface area contributed by atoms with Gasteiger partial charge in [0.15, 0.2) is 0 Å². The molecule has 5 rings (SSSR count). The van der Waals surface area contributed by atoms with E-state index < -0.39 is 47.0 Å². The fraction of sp³-hybridized carbons (Fsp3) is 0.303. The Hall–Kier alpha value is -4.73. The van der Waals surface area contributed by atoms with E-state index in [4.69, 9.17) is 5.73 Å². The monoisotopic (exact) mass is 620 g/mol. The van der Waals surface area contributed by atoms with Gasteiger partial charge in [-0.1, -0.05) is 48.5 Å². The Balaban J connectivity index is 1.53. The van der Waals surface area contributed by atoms with Gasteiger partial charge in [-0.2, -0.15) is 18.4 Å². The van der Waals surface area contributed by atoms with Crippen molar-refractivity contribution < 1.29 is 17.6 Å². The SMILES string of the molecule is Cc1c(N2CCN(Cc3cccc(C#N)c3)CC2)c(=O)n(CC(N)c2ccccc2)c(=O)n1Cc1c(F)cccc1C(F)(F)F. The number of nitriles is 1. The van der Waals surface area contributed by atoms with Gasteiger partial charge in [-0.25, -0.2) is 9.18 Å². The van der Waals surface area contributed by atoms with E-state index in [0.717, 1.165) is 32.9 Å². The molecule has 1 aliphatic heterocycles. The van der Waals surface area contributed by atoms with E-state index in [0.29, 0.717) is 43.9 Å². The minimum absolute atomic E-state index is 0.140. The van der Waals surface area contributed by atoms with Gasteiger partial charge in [0.1, 0.15) is 11.5 Å². The third-order valence-corrected chi connectivity index (χ3v) is 8.16. The van der Waals surface area contributed by atoms with Crippen molar-refractivity contribution in [3.05, 3.63) is 133 Å². The molecule has 1 aromatic heterocycles. The summed E-state index contributed by atoms with van der Waals surface area (Å²) in [5.74, 6) is -1.11. The number of hydrogen-bond acceptors (Lipinski definition) is 6. The zero-order valence-corrected chi connectivity index (χ0v) is 24.6. The summed E-state index contributed by atoms with van der Waals surface area (Å²) in [6, 6.07) is 20.2. The van der Waals surface area contributed by atoms with Gasteiger partial charge < -0.3 is 10.6 Å². The number of aromatic nitrogens is 2. The smallest absolute Gasteiger partial charge is 0.363 e.